The molecule has 5 heteroatoms. The molecule has 0 aromatic rings. The van der Waals surface area contributed by atoms with Gasteiger partial charge in [0.15, 0.2) is 0 Å². The second-order valence-corrected chi connectivity index (χ2v) is 5.00. The first-order chi connectivity index (χ1) is 8.36. The molecule has 0 saturated carbocycles. The molecule has 1 amide bonds. The molecule has 0 aromatic heterocycles. The number of carboxylic acids is 1. The molecule has 0 fully saturated rings. The van der Waals surface area contributed by atoms with Gasteiger partial charge in [-0.2, -0.15) is 0 Å². The zero-order chi connectivity index (χ0) is 14.1. The lowest BCUT2D eigenvalue weighted by Crippen LogP contribution is -2.36. The molecule has 0 heterocycles. The first-order valence-electron chi connectivity index (χ1n) is 6.44. The summed E-state index contributed by atoms with van der Waals surface area (Å²) in [6.45, 7) is 8.98. The minimum atomic E-state index is -0.953. The maximum absolute atomic E-state index is 11.6. The third kappa shape index (κ3) is 7.27. The highest BCUT2D eigenvalue weighted by atomic mass is 16.5. The fourth-order valence-electron chi connectivity index (χ4n) is 1.27. The largest absolute Gasteiger partial charge is 0.481 e. The molecular weight excluding hydrogens is 234 g/mol. The molecule has 0 aliphatic rings. The van der Waals surface area contributed by atoms with E-state index in [1.807, 2.05) is 0 Å². The lowest BCUT2D eigenvalue weighted by molar-refractivity contribution is -0.146. The van der Waals surface area contributed by atoms with Gasteiger partial charge in [-0.1, -0.05) is 27.7 Å². The maximum Gasteiger partial charge on any atom is 0.307 e. The third-order valence-electron chi connectivity index (χ3n) is 2.94. The Morgan fingerprint density at radius 3 is 2.22 bits per heavy atom. The number of aliphatic carboxylic acids is 1. The van der Waals surface area contributed by atoms with Crippen LogP contribution in [0.3, 0.4) is 0 Å². The molecule has 0 aliphatic heterocycles. The Morgan fingerprint density at radius 1 is 1.11 bits per heavy atom. The number of carbonyl (C=O) groups is 2. The number of amides is 1. The van der Waals surface area contributed by atoms with E-state index in [9.17, 15) is 9.59 Å². The maximum atomic E-state index is 11.6. The van der Waals surface area contributed by atoms with Crippen LogP contribution < -0.4 is 5.32 Å². The standard InChI is InChI=1S/C13H25NO4/c1-9(2)5-7-18-8-6-14-12(15)10(3)11(4)13(16)17/h9-11H,5-8H2,1-4H3,(H,14,15)(H,16,17). The molecule has 0 saturated heterocycles. The molecule has 18 heavy (non-hydrogen) atoms. The Bertz CT molecular complexity index is 266. The van der Waals surface area contributed by atoms with E-state index in [0.29, 0.717) is 25.7 Å². The summed E-state index contributed by atoms with van der Waals surface area (Å²) in [7, 11) is 0. The molecule has 0 bridgehead atoms. The van der Waals surface area contributed by atoms with Gasteiger partial charge in [-0.25, -0.2) is 0 Å². The average molecular weight is 259 g/mol. The Kier molecular flexibility index (Phi) is 8.37. The predicted molar refractivity (Wildman–Crippen MR) is 69.2 cm³/mol. The van der Waals surface area contributed by atoms with Crippen molar-refractivity contribution in [3.05, 3.63) is 0 Å². The van der Waals surface area contributed by atoms with Crippen LogP contribution in [0.15, 0.2) is 0 Å². The normalized spacial score (nSPS) is 14.3. The highest BCUT2D eigenvalue weighted by Crippen LogP contribution is 2.10. The Balaban J connectivity index is 3.67. The number of ether oxygens (including phenoxy) is 1. The molecule has 2 unspecified atom stereocenters. The third-order valence-corrected chi connectivity index (χ3v) is 2.94. The zero-order valence-corrected chi connectivity index (χ0v) is 11.7. The summed E-state index contributed by atoms with van der Waals surface area (Å²) in [5, 5.41) is 11.5. The SMILES string of the molecule is CC(C)CCOCCNC(=O)C(C)C(C)C(=O)O. The number of nitrogens with one attached hydrogen (secondary N) is 1. The van der Waals surface area contributed by atoms with Crippen LogP contribution in [0.4, 0.5) is 0 Å². The van der Waals surface area contributed by atoms with Crippen molar-refractivity contribution in [1.82, 2.24) is 5.32 Å². The predicted octanol–water partition coefficient (Wildman–Crippen LogP) is 1.52. The lowest BCUT2D eigenvalue weighted by atomic mass is 9.95. The number of carbonyl (C=O) groups excluding carboxylic acids is 1. The highest BCUT2D eigenvalue weighted by molar-refractivity contribution is 5.84. The smallest absolute Gasteiger partial charge is 0.307 e. The van der Waals surface area contributed by atoms with Gasteiger partial charge in [0.1, 0.15) is 0 Å². The zero-order valence-electron chi connectivity index (χ0n) is 11.7. The Labute approximate surface area is 109 Å². The van der Waals surface area contributed by atoms with Crippen molar-refractivity contribution in [1.29, 1.82) is 0 Å². The monoisotopic (exact) mass is 259 g/mol. The van der Waals surface area contributed by atoms with Crippen molar-refractivity contribution in [2.24, 2.45) is 17.8 Å². The summed E-state index contributed by atoms with van der Waals surface area (Å²) in [6, 6.07) is 0. The first kappa shape index (κ1) is 16.9. The van der Waals surface area contributed by atoms with E-state index in [4.69, 9.17) is 9.84 Å². The highest BCUT2D eigenvalue weighted by Gasteiger charge is 2.25. The van der Waals surface area contributed by atoms with Crippen LogP contribution in [0.5, 0.6) is 0 Å². The van der Waals surface area contributed by atoms with Crippen LogP contribution >= 0.6 is 0 Å². The van der Waals surface area contributed by atoms with Gasteiger partial charge >= 0.3 is 5.97 Å². The van der Waals surface area contributed by atoms with Crippen molar-refractivity contribution in [3.63, 3.8) is 0 Å². The van der Waals surface area contributed by atoms with Gasteiger partial charge in [-0.05, 0) is 12.3 Å². The van der Waals surface area contributed by atoms with E-state index < -0.39 is 17.8 Å². The molecule has 106 valence electrons. The Hall–Kier alpha value is -1.10. The fraction of sp³-hybridized carbons (Fsp3) is 0.846. The van der Waals surface area contributed by atoms with E-state index in [0.717, 1.165) is 6.42 Å². The number of rotatable bonds is 9. The summed E-state index contributed by atoms with van der Waals surface area (Å²) in [5.41, 5.74) is 0. The van der Waals surface area contributed by atoms with Crippen molar-refractivity contribution in [2.45, 2.75) is 34.1 Å². The number of hydrogen-bond donors (Lipinski definition) is 2. The van der Waals surface area contributed by atoms with Gasteiger partial charge in [0, 0.05) is 19.1 Å². The van der Waals surface area contributed by atoms with Crippen molar-refractivity contribution in [3.8, 4) is 0 Å². The Morgan fingerprint density at radius 2 is 1.72 bits per heavy atom. The fourth-order valence-corrected chi connectivity index (χ4v) is 1.27. The molecule has 0 radical (unpaired) electrons. The number of hydrogen-bond acceptors (Lipinski definition) is 3. The second kappa shape index (κ2) is 8.91. The van der Waals surface area contributed by atoms with Crippen LogP contribution in [0.25, 0.3) is 0 Å². The summed E-state index contributed by atoms with van der Waals surface area (Å²) in [4.78, 5) is 22.3. The van der Waals surface area contributed by atoms with E-state index >= 15 is 0 Å². The van der Waals surface area contributed by atoms with E-state index in [1.165, 1.54) is 6.92 Å². The van der Waals surface area contributed by atoms with Gasteiger partial charge in [0.25, 0.3) is 0 Å². The molecular formula is C13H25NO4. The van der Waals surface area contributed by atoms with Gasteiger partial charge in [-0.3, -0.25) is 9.59 Å². The topological polar surface area (TPSA) is 75.6 Å². The molecule has 0 spiro atoms. The summed E-state index contributed by atoms with van der Waals surface area (Å²) >= 11 is 0. The van der Waals surface area contributed by atoms with Crippen LogP contribution in [0.1, 0.15) is 34.1 Å². The van der Waals surface area contributed by atoms with E-state index in [2.05, 4.69) is 19.2 Å². The molecule has 2 N–H and O–H groups in total. The van der Waals surface area contributed by atoms with Crippen molar-refractivity contribution < 1.29 is 19.4 Å². The van der Waals surface area contributed by atoms with Crippen LogP contribution in [-0.2, 0) is 14.3 Å². The van der Waals surface area contributed by atoms with Crippen molar-refractivity contribution >= 4 is 11.9 Å². The van der Waals surface area contributed by atoms with E-state index in [1.54, 1.807) is 6.92 Å². The average Bonchev–Trinajstić information content (AvgIpc) is 2.30. The second-order valence-electron chi connectivity index (χ2n) is 5.00. The first-order valence-corrected chi connectivity index (χ1v) is 6.44. The van der Waals surface area contributed by atoms with Gasteiger partial charge in [0.2, 0.25) is 5.91 Å². The molecule has 5 nitrogen and oxygen atoms in total. The van der Waals surface area contributed by atoms with Gasteiger partial charge < -0.3 is 15.2 Å². The van der Waals surface area contributed by atoms with Crippen LogP contribution in [0.2, 0.25) is 0 Å². The van der Waals surface area contributed by atoms with E-state index in [-0.39, 0.29) is 5.91 Å². The molecule has 2 atom stereocenters. The van der Waals surface area contributed by atoms with Gasteiger partial charge in [-0.15, -0.1) is 0 Å². The van der Waals surface area contributed by atoms with Gasteiger partial charge in [0.05, 0.1) is 12.5 Å². The minimum absolute atomic E-state index is 0.239. The quantitative estimate of drug-likeness (QED) is 0.616. The van der Waals surface area contributed by atoms with Crippen molar-refractivity contribution in [2.75, 3.05) is 19.8 Å². The van der Waals surface area contributed by atoms with Crippen LogP contribution in [-0.4, -0.2) is 36.7 Å². The lowest BCUT2D eigenvalue weighted by Gasteiger charge is -2.15. The molecule has 0 aliphatic carbocycles. The molecule has 0 rings (SSSR count). The number of carboxylic acid groups (broad SMARTS) is 1. The van der Waals surface area contributed by atoms with Crippen LogP contribution in [0, 0.1) is 17.8 Å². The summed E-state index contributed by atoms with van der Waals surface area (Å²) in [6.07, 6.45) is 1.00. The summed E-state index contributed by atoms with van der Waals surface area (Å²) < 4.78 is 5.35. The summed E-state index contributed by atoms with van der Waals surface area (Å²) in [5.74, 6) is -1.79. The molecule has 0 aromatic carbocycles. The minimum Gasteiger partial charge on any atom is -0.481 e.